The fraction of sp³-hybridized carbons (Fsp3) is 0.400. The summed E-state index contributed by atoms with van der Waals surface area (Å²) in [6, 6.07) is 19.3. The number of benzene rings is 2. The molecule has 1 saturated carbocycles. The highest BCUT2D eigenvalue weighted by atomic mass is 16.5. The highest BCUT2D eigenvalue weighted by Gasteiger charge is 2.42. The first-order valence-corrected chi connectivity index (χ1v) is 8.77. The lowest BCUT2D eigenvalue weighted by Crippen LogP contribution is -2.31. The van der Waals surface area contributed by atoms with Crippen LogP contribution in [0, 0.1) is 5.92 Å². The van der Waals surface area contributed by atoms with Crippen LogP contribution in [0.25, 0.3) is 10.4 Å². The number of azide groups is 1. The molecule has 3 rings (SSSR count). The van der Waals surface area contributed by atoms with E-state index in [0.717, 1.165) is 11.1 Å². The third-order valence-corrected chi connectivity index (χ3v) is 4.71. The van der Waals surface area contributed by atoms with Crippen molar-refractivity contribution in [1.29, 1.82) is 0 Å². The van der Waals surface area contributed by atoms with Gasteiger partial charge in [-0.2, -0.15) is 0 Å². The van der Waals surface area contributed by atoms with Gasteiger partial charge in [-0.3, -0.25) is 0 Å². The molecule has 0 aromatic heterocycles. The van der Waals surface area contributed by atoms with Crippen LogP contribution in [-0.2, 0) is 22.7 Å². The molecule has 136 valence electrons. The molecule has 2 aromatic rings. The fourth-order valence-electron chi connectivity index (χ4n) is 3.30. The molecular weight excluding hydrogens is 330 g/mol. The first-order chi connectivity index (χ1) is 12.8. The van der Waals surface area contributed by atoms with Crippen molar-refractivity contribution in [3.05, 3.63) is 82.2 Å². The van der Waals surface area contributed by atoms with Crippen LogP contribution in [0.1, 0.15) is 17.5 Å². The summed E-state index contributed by atoms with van der Waals surface area (Å²) < 4.78 is 11.8. The van der Waals surface area contributed by atoms with E-state index in [9.17, 15) is 5.11 Å². The maximum Gasteiger partial charge on any atom is 0.0720 e. The van der Waals surface area contributed by atoms with E-state index in [4.69, 9.17) is 15.0 Å². The number of aliphatic hydroxyl groups excluding tert-OH is 1. The van der Waals surface area contributed by atoms with Crippen LogP contribution in [0.5, 0.6) is 0 Å². The van der Waals surface area contributed by atoms with E-state index in [2.05, 4.69) is 10.0 Å². The van der Waals surface area contributed by atoms with E-state index in [1.807, 2.05) is 60.7 Å². The molecule has 1 fully saturated rings. The molecule has 6 nitrogen and oxygen atoms in total. The molecule has 1 N–H and O–H groups in total. The highest BCUT2D eigenvalue weighted by molar-refractivity contribution is 5.14. The third-order valence-electron chi connectivity index (χ3n) is 4.71. The molecule has 0 saturated heterocycles. The Hall–Kier alpha value is -2.37. The minimum atomic E-state index is -0.762. The van der Waals surface area contributed by atoms with Crippen LogP contribution in [0.4, 0.5) is 0 Å². The number of hydrogen-bond donors (Lipinski definition) is 1. The second kappa shape index (κ2) is 9.36. The normalized spacial score (nSPS) is 25.0. The predicted molar refractivity (Wildman–Crippen MR) is 98.2 cm³/mol. The molecule has 1 aliphatic carbocycles. The second-order valence-electron chi connectivity index (χ2n) is 6.50. The Morgan fingerprint density at radius 2 is 1.62 bits per heavy atom. The maximum atomic E-state index is 10.5. The molecule has 0 amide bonds. The molecule has 4 atom stereocenters. The number of ether oxygens (including phenoxy) is 2. The Kier molecular flexibility index (Phi) is 6.63. The van der Waals surface area contributed by atoms with Crippen molar-refractivity contribution in [2.24, 2.45) is 11.0 Å². The summed E-state index contributed by atoms with van der Waals surface area (Å²) in [6.45, 7) is 1.28. The highest BCUT2D eigenvalue weighted by Crippen LogP contribution is 2.32. The summed E-state index contributed by atoms with van der Waals surface area (Å²) in [5, 5.41) is 14.2. The summed E-state index contributed by atoms with van der Waals surface area (Å²) >= 11 is 0. The molecule has 1 aliphatic rings. The van der Waals surface area contributed by atoms with Crippen molar-refractivity contribution in [2.75, 3.05) is 6.61 Å². The molecule has 0 bridgehead atoms. The van der Waals surface area contributed by atoms with Gasteiger partial charge in [0.1, 0.15) is 0 Å². The van der Waals surface area contributed by atoms with Gasteiger partial charge in [-0.15, -0.1) is 0 Å². The SMILES string of the molecule is [N-]=[N+]=N[C@H]1C[C@H](OCc2ccccc2)[C@@H](COCc2ccccc2)[C@H]1O. The van der Waals surface area contributed by atoms with Crippen molar-refractivity contribution < 1.29 is 14.6 Å². The first kappa shape index (κ1) is 18.4. The smallest absolute Gasteiger partial charge is 0.0720 e. The van der Waals surface area contributed by atoms with Gasteiger partial charge in [-0.25, -0.2) is 0 Å². The van der Waals surface area contributed by atoms with Crippen LogP contribution < -0.4 is 0 Å². The maximum absolute atomic E-state index is 10.5. The molecule has 0 radical (unpaired) electrons. The van der Waals surface area contributed by atoms with Gasteiger partial charge in [0.15, 0.2) is 0 Å². The van der Waals surface area contributed by atoms with Gasteiger partial charge in [-0.1, -0.05) is 65.8 Å². The van der Waals surface area contributed by atoms with E-state index in [1.54, 1.807) is 0 Å². The average molecular weight is 353 g/mol. The summed E-state index contributed by atoms with van der Waals surface area (Å²) in [7, 11) is 0. The number of aliphatic hydroxyl groups is 1. The summed E-state index contributed by atoms with van der Waals surface area (Å²) in [5.41, 5.74) is 10.9. The van der Waals surface area contributed by atoms with Crippen LogP contribution in [0.2, 0.25) is 0 Å². The standard InChI is InChI=1S/C20H23N3O3/c21-23-22-18-11-19(26-13-16-9-5-2-6-10-16)17(20(18)24)14-25-12-15-7-3-1-4-8-15/h1-10,17-20,24H,11-14H2/t17-,18+,19+,20-/m1/s1. The number of rotatable bonds is 8. The summed E-state index contributed by atoms with van der Waals surface area (Å²) in [5.74, 6) is -0.224. The zero-order valence-electron chi connectivity index (χ0n) is 14.5. The van der Waals surface area contributed by atoms with Crippen molar-refractivity contribution in [3.8, 4) is 0 Å². The van der Waals surface area contributed by atoms with E-state index >= 15 is 0 Å². The lowest BCUT2D eigenvalue weighted by molar-refractivity contribution is -0.0465. The van der Waals surface area contributed by atoms with Gasteiger partial charge in [0.05, 0.1) is 38.1 Å². The molecule has 26 heavy (non-hydrogen) atoms. The Morgan fingerprint density at radius 3 is 2.23 bits per heavy atom. The number of nitrogens with zero attached hydrogens (tertiary/aromatic N) is 3. The van der Waals surface area contributed by atoms with E-state index < -0.39 is 12.1 Å². The zero-order valence-corrected chi connectivity index (χ0v) is 14.5. The van der Waals surface area contributed by atoms with E-state index in [1.165, 1.54) is 0 Å². The molecule has 0 unspecified atom stereocenters. The second-order valence-corrected chi connectivity index (χ2v) is 6.50. The van der Waals surface area contributed by atoms with Crippen molar-refractivity contribution in [1.82, 2.24) is 0 Å². The van der Waals surface area contributed by atoms with Crippen LogP contribution >= 0.6 is 0 Å². The quantitative estimate of drug-likeness (QED) is 0.444. The van der Waals surface area contributed by atoms with Gasteiger partial charge in [-0.05, 0) is 23.1 Å². The van der Waals surface area contributed by atoms with Crippen molar-refractivity contribution in [2.45, 2.75) is 37.9 Å². The summed E-state index contributed by atoms with van der Waals surface area (Å²) in [4.78, 5) is 2.85. The molecule has 0 aliphatic heterocycles. The van der Waals surface area contributed by atoms with Crippen LogP contribution in [-0.4, -0.2) is 30.0 Å². The zero-order chi connectivity index (χ0) is 18.2. The average Bonchev–Trinajstić information content (AvgIpc) is 2.97. The van der Waals surface area contributed by atoms with E-state index in [-0.39, 0.29) is 12.0 Å². The Bertz CT molecular complexity index is 720. The number of hydrogen-bond acceptors (Lipinski definition) is 4. The van der Waals surface area contributed by atoms with E-state index in [0.29, 0.717) is 26.2 Å². The molecule has 2 aromatic carbocycles. The van der Waals surface area contributed by atoms with Gasteiger partial charge >= 0.3 is 0 Å². The lowest BCUT2D eigenvalue weighted by atomic mass is 10.0. The van der Waals surface area contributed by atoms with Gasteiger partial charge < -0.3 is 14.6 Å². The Balaban J connectivity index is 1.59. The minimum Gasteiger partial charge on any atom is -0.392 e. The Labute approximate surface area is 153 Å². The third kappa shape index (κ3) is 4.84. The van der Waals surface area contributed by atoms with Gasteiger partial charge in [0, 0.05) is 10.8 Å². The monoisotopic (exact) mass is 353 g/mol. The van der Waals surface area contributed by atoms with Crippen LogP contribution in [0.15, 0.2) is 65.8 Å². The first-order valence-electron chi connectivity index (χ1n) is 8.77. The summed E-state index contributed by atoms with van der Waals surface area (Å²) in [6.07, 6.45) is -0.476. The molecular formula is C20H23N3O3. The predicted octanol–water partition coefficient (Wildman–Crippen LogP) is 3.85. The molecule has 6 heteroatoms. The Morgan fingerprint density at radius 1 is 1.00 bits per heavy atom. The van der Waals surface area contributed by atoms with Crippen LogP contribution in [0.3, 0.4) is 0 Å². The topological polar surface area (TPSA) is 87.5 Å². The van der Waals surface area contributed by atoms with Gasteiger partial charge in [0.25, 0.3) is 0 Å². The fourth-order valence-corrected chi connectivity index (χ4v) is 3.30. The molecule has 0 spiro atoms. The largest absolute Gasteiger partial charge is 0.392 e. The van der Waals surface area contributed by atoms with Gasteiger partial charge in [0.2, 0.25) is 0 Å². The van der Waals surface area contributed by atoms with Crippen molar-refractivity contribution >= 4 is 0 Å². The minimum absolute atomic E-state index is 0.212. The molecule has 0 heterocycles. The van der Waals surface area contributed by atoms with Crippen molar-refractivity contribution in [3.63, 3.8) is 0 Å². The lowest BCUT2D eigenvalue weighted by Gasteiger charge is -2.22.